The standard InChI is InChI=1S/C20H23N3O2/c1-14-7-9-16(10-8-14)13-21-20(25)22-15(2)19(24)23-12-11-17-5-3-4-6-18(17)23/h3-10,15H,11-13H2,1-2H3,(H2,21,22,25)/t15-/m0/s1. The number of aryl methyl sites for hydroxylation is 1. The SMILES string of the molecule is Cc1ccc(CNC(=O)N[C@@H](C)C(=O)N2CCc3ccccc32)cc1. The van der Waals surface area contributed by atoms with Crippen molar-refractivity contribution < 1.29 is 9.59 Å². The molecule has 3 rings (SSSR count). The molecule has 0 saturated heterocycles. The molecule has 0 saturated carbocycles. The minimum Gasteiger partial charge on any atom is -0.334 e. The maximum absolute atomic E-state index is 12.6. The topological polar surface area (TPSA) is 61.4 Å². The second kappa shape index (κ2) is 7.38. The molecule has 0 unspecified atom stereocenters. The summed E-state index contributed by atoms with van der Waals surface area (Å²) in [6.07, 6.45) is 0.855. The predicted octanol–water partition coefficient (Wildman–Crippen LogP) is 2.77. The zero-order chi connectivity index (χ0) is 17.8. The molecule has 1 aliphatic heterocycles. The van der Waals surface area contributed by atoms with Crippen molar-refractivity contribution in [3.8, 4) is 0 Å². The Bertz CT molecular complexity index is 771. The summed E-state index contributed by atoms with van der Waals surface area (Å²) in [6.45, 7) is 4.83. The van der Waals surface area contributed by atoms with Gasteiger partial charge in [-0.25, -0.2) is 4.79 Å². The van der Waals surface area contributed by atoms with E-state index in [2.05, 4.69) is 10.6 Å². The molecule has 0 radical (unpaired) electrons. The van der Waals surface area contributed by atoms with E-state index in [0.29, 0.717) is 13.1 Å². The number of anilines is 1. The van der Waals surface area contributed by atoms with Gasteiger partial charge in [0, 0.05) is 18.8 Å². The molecular weight excluding hydrogens is 314 g/mol. The molecule has 2 N–H and O–H groups in total. The summed E-state index contributed by atoms with van der Waals surface area (Å²) in [4.78, 5) is 26.5. The molecule has 0 aromatic heterocycles. The molecule has 1 aliphatic rings. The van der Waals surface area contributed by atoms with Crippen molar-refractivity contribution in [2.24, 2.45) is 0 Å². The van der Waals surface area contributed by atoms with Crippen LogP contribution in [0.3, 0.4) is 0 Å². The molecule has 0 fully saturated rings. The first-order valence-corrected chi connectivity index (χ1v) is 8.54. The fraction of sp³-hybridized carbons (Fsp3) is 0.300. The third-order valence-corrected chi connectivity index (χ3v) is 4.44. The Morgan fingerprint density at radius 3 is 2.60 bits per heavy atom. The minimum atomic E-state index is -0.579. The van der Waals surface area contributed by atoms with Crippen LogP contribution in [0.5, 0.6) is 0 Å². The molecule has 0 spiro atoms. The van der Waals surface area contributed by atoms with Gasteiger partial charge in [-0.2, -0.15) is 0 Å². The minimum absolute atomic E-state index is 0.0876. The van der Waals surface area contributed by atoms with Gasteiger partial charge in [-0.15, -0.1) is 0 Å². The van der Waals surface area contributed by atoms with Crippen LogP contribution in [0.4, 0.5) is 10.5 Å². The lowest BCUT2D eigenvalue weighted by Crippen LogP contribution is -2.49. The summed E-state index contributed by atoms with van der Waals surface area (Å²) in [6, 6.07) is 14.9. The van der Waals surface area contributed by atoms with Crippen LogP contribution in [0.25, 0.3) is 0 Å². The van der Waals surface area contributed by atoms with Gasteiger partial charge >= 0.3 is 6.03 Å². The molecule has 0 aliphatic carbocycles. The molecule has 5 nitrogen and oxygen atoms in total. The van der Waals surface area contributed by atoms with Gasteiger partial charge in [-0.1, -0.05) is 48.0 Å². The van der Waals surface area contributed by atoms with Gasteiger partial charge in [0.25, 0.3) is 0 Å². The third-order valence-electron chi connectivity index (χ3n) is 4.44. The Hall–Kier alpha value is -2.82. The van der Waals surface area contributed by atoms with Crippen LogP contribution >= 0.6 is 0 Å². The second-order valence-electron chi connectivity index (χ2n) is 6.40. The first kappa shape index (κ1) is 17.0. The fourth-order valence-corrected chi connectivity index (χ4v) is 3.00. The van der Waals surface area contributed by atoms with E-state index in [1.165, 1.54) is 11.1 Å². The zero-order valence-electron chi connectivity index (χ0n) is 14.6. The number of carbonyl (C=O) groups is 2. The van der Waals surface area contributed by atoms with Crippen LogP contribution in [-0.4, -0.2) is 24.5 Å². The smallest absolute Gasteiger partial charge is 0.315 e. The summed E-state index contributed by atoms with van der Waals surface area (Å²) < 4.78 is 0. The van der Waals surface area contributed by atoms with Crippen LogP contribution < -0.4 is 15.5 Å². The molecular formula is C20H23N3O2. The van der Waals surface area contributed by atoms with E-state index in [1.807, 2.05) is 55.5 Å². The lowest BCUT2D eigenvalue weighted by Gasteiger charge is -2.22. The lowest BCUT2D eigenvalue weighted by atomic mass is 10.1. The molecule has 3 amide bonds. The number of carbonyl (C=O) groups excluding carboxylic acids is 2. The number of hydrogen-bond donors (Lipinski definition) is 2. The van der Waals surface area contributed by atoms with Crippen molar-refractivity contribution in [1.82, 2.24) is 10.6 Å². The third kappa shape index (κ3) is 3.99. The number of rotatable bonds is 4. The van der Waals surface area contributed by atoms with Crippen LogP contribution in [-0.2, 0) is 17.8 Å². The Morgan fingerprint density at radius 2 is 1.84 bits per heavy atom. The highest BCUT2D eigenvalue weighted by atomic mass is 16.2. The van der Waals surface area contributed by atoms with Crippen molar-refractivity contribution in [1.29, 1.82) is 0 Å². The van der Waals surface area contributed by atoms with E-state index in [4.69, 9.17) is 0 Å². The highest BCUT2D eigenvalue weighted by molar-refractivity contribution is 6.00. The largest absolute Gasteiger partial charge is 0.334 e. The van der Waals surface area contributed by atoms with Gasteiger partial charge in [-0.3, -0.25) is 4.79 Å². The van der Waals surface area contributed by atoms with E-state index in [0.717, 1.165) is 17.7 Å². The molecule has 0 bridgehead atoms. The molecule has 2 aromatic carbocycles. The molecule has 5 heteroatoms. The number of para-hydroxylation sites is 1. The van der Waals surface area contributed by atoms with E-state index in [1.54, 1.807) is 11.8 Å². The number of nitrogens with zero attached hydrogens (tertiary/aromatic N) is 1. The Kier molecular flexibility index (Phi) is 5.03. The summed E-state index contributed by atoms with van der Waals surface area (Å²) in [7, 11) is 0. The van der Waals surface area contributed by atoms with Crippen molar-refractivity contribution in [3.63, 3.8) is 0 Å². The molecule has 1 atom stereocenters. The van der Waals surface area contributed by atoms with Crippen LogP contribution in [0.15, 0.2) is 48.5 Å². The van der Waals surface area contributed by atoms with Crippen molar-refractivity contribution >= 4 is 17.6 Å². The highest BCUT2D eigenvalue weighted by Gasteiger charge is 2.28. The first-order valence-electron chi connectivity index (χ1n) is 8.54. The number of benzene rings is 2. The van der Waals surface area contributed by atoms with Crippen molar-refractivity contribution in [2.45, 2.75) is 32.9 Å². The molecule has 130 valence electrons. The predicted molar refractivity (Wildman–Crippen MR) is 98.5 cm³/mol. The fourth-order valence-electron chi connectivity index (χ4n) is 3.00. The number of urea groups is 1. The summed E-state index contributed by atoms with van der Waals surface area (Å²) in [5.41, 5.74) is 4.32. The number of fused-ring (bicyclic) bond motifs is 1. The maximum Gasteiger partial charge on any atom is 0.315 e. The van der Waals surface area contributed by atoms with Crippen molar-refractivity contribution in [3.05, 3.63) is 65.2 Å². The summed E-state index contributed by atoms with van der Waals surface area (Å²) in [5, 5.41) is 5.52. The monoisotopic (exact) mass is 337 g/mol. The quantitative estimate of drug-likeness (QED) is 0.901. The molecule has 2 aromatic rings. The number of nitrogens with one attached hydrogen (secondary N) is 2. The molecule has 25 heavy (non-hydrogen) atoms. The van der Waals surface area contributed by atoms with E-state index in [9.17, 15) is 9.59 Å². The van der Waals surface area contributed by atoms with E-state index >= 15 is 0 Å². The average molecular weight is 337 g/mol. The lowest BCUT2D eigenvalue weighted by molar-refractivity contribution is -0.119. The van der Waals surface area contributed by atoms with Gasteiger partial charge in [0.1, 0.15) is 6.04 Å². The normalized spacial score (nSPS) is 13.9. The van der Waals surface area contributed by atoms with Gasteiger partial charge < -0.3 is 15.5 Å². The average Bonchev–Trinajstić information content (AvgIpc) is 3.04. The van der Waals surface area contributed by atoms with Gasteiger partial charge in [-0.05, 0) is 37.5 Å². The van der Waals surface area contributed by atoms with Crippen LogP contribution in [0, 0.1) is 6.92 Å². The van der Waals surface area contributed by atoms with E-state index in [-0.39, 0.29) is 11.9 Å². The second-order valence-corrected chi connectivity index (χ2v) is 6.40. The van der Waals surface area contributed by atoms with Gasteiger partial charge in [0.2, 0.25) is 5.91 Å². The van der Waals surface area contributed by atoms with Crippen LogP contribution in [0.1, 0.15) is 23.6 Å². The van der Waals surface area contributed by atoms with Crippen molar-refractivity contribution in [2.75, 3.05) is 11.4 Å². The maximum atomic E-state index is 12.6. The Balaban J connectivity index is 1.53. The summed E-state index contributed by atoms with van der Waals surface area (Å²) >= 11 is 0. The highest BCUT2D eigenvalue weighted by Crippen LogP contribution is 2.27. The Morgan fingerprint density at radius 1 is 1.12 bits per heavy atom. The number of amides is 3. The van der Waals surface area contributed by atoms with E-state index < -0.39 is 6.04 Å². The Labute approximate surface area is 148 Å². The zero-order valence-corrected chi connectivity index (χ0v) is 14.6. The van der Waals surface area contributed by atoms with Gasteiger partial charge in [0.15, 0.2) is 0 Å². The number of hydrogen-bond acceptors (Lipinski definition) is 2. The molecule has 1 heterocycles. The van der Waals surface area contributed by atoms with Crippen LogP contribution in [0.2, 0.25) is 0 Å². The van der Waals surface area contributed by atoms with Gasteiger partial charge in [0.05, 0.1) is 0 Å². The summed E-state index contributed by atoms with van der Waals surface area (Å²) in [5.74, 6) is -0.0876. The first-order chi connectivity index (χ1) is 12.0.